The fourth-order valence-corrected chi connectivity index (χ4v) is 3.88. The van der Waals surface area contributed by atoms with Crippen molar-refractivity contribution in [3.63, 3.8) is 0 Å². The van der Waals surface area contributed by atoms with Gasteiger partial charge in [-0.3, -0.25) is 4.79 Å². The minimum Gasteiger partial charge on any atom is -0.298 e. The van der Waals surface area contributed by atoms with E-state index in [0.29, 0.717) is 17.5 Å². The maximum atomic E-state index is 12.3. The molecule has 2 rings (SSSR count). The SMILES string of the molecule is CC1CCC(C(=O)CSc2ccccc2Cl)CC1C. The Balaban J connectivity index is 1.87. The molecule has 104 valence electrons. The number of benzene rings is 1. The first kappa shape index (κ1) is 14.9. The highest BCUT2D eigenvalue weighted by molar-refractivity contribution is 8.00. The molecule has 0 radical (unpaired) electrons. The number of thioether (sulfide) groups is 1. The zero-order valence-corrected chi connectivity index (χ0v) is 13.1. The average molecular weight is 297 g/mol. The average Bonchev–Trinajstić information content (AvgIpc) is 2.40. The highest BCUT2D eigenvalue weighted by Crippen LogP contribution is 2.35. The fraction of sp³-hybridized carbons (Fsp3) is 0.562. The summed E-state index contributed by atoms with van der Waals surface area (Å²) in [5.74, 6) is 2.65. The predicted molar refractivity (Wildman–Crippen MR) is 82.9 cm³/mol. The van der Waals surface area contributed by atoms with Crippen molar-refractivity contribution in [1.29, 1.82) is 0 Å². The summed E-state index contributed by atoms with van der Waals surface area (Å²) in [7, 11) is 0. The third-order valence-corrected chi connectivity index (χ3v) is 5.80. The molecule has 0 bridgehead atoms. The normalized spacial score (nSPS) is 27.2. The lowest BCUT2D eigenvalue weighted by Crippen LogP contribution is -2.27. The summed E-state index contributed by atoms with van der Waals surface area (Å²) in [6, 6.07) is 7.73. The molecule has 1 fully saturated rings. The zero-order chi connectivity index (χ0) is 13.8. The number of hydrogen-bond donors (Lipinski definition) is 0. The highest BCUT2D eigenvalue weighted by atomic mass is 35.5. The quantitative estimate of drug-likeness (QED) is 0.721. The van der Waals surface area contributed by atoms with Crippen molar-refractivity contribution in [1.82, 2.24) is 0 Å². The molecule has 0 aromatic heterocycles. The Kier molecular flexibility index (Phi) is 5.35. The predicted octanol–water partition coefficient (Wildman–Crippen LogP) is 5.07. The first-order valence-electron chi connectivity index (χ1n) is 6.98. The van der Waals surface area contributed by atoms with Crippen LogP contribution >= 0.6 is 23.4 Å². The highest BCUT2D eigenvalue weighted by Gasteiger charge is 2.28. The van der Waals surface area contributed by atoms with Crippen LogP contribution in [0.3, 0.4) is 0 Å². The Morgan fingerprint density at radius 1 is 1.26 bits per heavy atom. The molecule has 3 atom stereocenters. The Morgan fingerprint density at radius 3 is 2.68 bits per heavy atom. The summed E-state index contributed by atoms with van der Waals surface area (Å²) in [6.07, 6.45) is 3.31. The number of halogens is 1. The summed E-state index contributed by atoms with van der Waals surface area (Å²) in [4.78, 5) is 13.3. The third kappa shape index (κ3) is 4.00. The molecule has 3 unspecified atom stereocenters. The Morgan fingerprint density at radius 2 is 2.00 bits per heavy atom. The molecule has 0 heterocycles. The van der Waals surface area contributed by atoms with Crippen LogP contribution in [-0.2, 0) is 4.79 Å². The van der Waals surface area contributed by atoms with Gasteiger partial charge in [0, 0.05) is 10.8 Å². The molecular weight excluding hydrogens is 276 g/mol. The van der Waals surface area contributed by atoms with Gasteiger partial charge in [0.2, 0.25) is 0 Å². The molecule has 0 aliphatic heterocycles. The molecule has 1 nitrogen and oxygen atoms in total. The topological polar surface area (TPSA) is 17.1 Å². The van der Waals surface area contributed by atoms with Crippen LogP contribution in [-0.4, -0.2) is 11.5 Å². The molecule has 0 N–H and O–H groups in total. The molecule has 1 aliphatic rings. The van der Waals surface area contributed by atoms with Gasteiger partial charge in [-0.1, -0.05) is 37.6 Å². The third-order valence-electron chi connectivity index (χ3n) is 4.26. The van der Waals surface area contributed by atoms with Crippen LogP contribution in [0.2, 0.25) is 5.02 Å². The van der Waals surface area contributed by atoms with Gasteiger partial charge >= 0.3 is 0 Å². The van der Waals surface area contributed by atoms with E-state index in [2.05, 4.69) is 13.8 Å². The minimum absolute atomic E-state index is 0.265. The van der Waals surface area contributed by atoms with E-state index in [4.69, 9.17) is 11.6 Å². The second kappa shape index (κ2) is 6.81. The zero-order valence-electron chi connectivity index (χ0n) is 11.6. The molecule has 0 spiro atoms. The van der Waals surface area contributed by atoms with Crippen LogP contribution in [0.15, 0.2) is 29.2 Å². The second-order valence-electron chi connectivity index (χ2n) is 5.65. The van der Waals surface area contributed by atoms with Crippen molar-refractivity contribution in [3.05, 3.63) is 29.3 Å². The van der Waals surface area contributed by atoms with E-state index in [0.717, 1.165) is 28.7 Å². The molecule has 3 heteroatoms. The number of rotatable bonds is 4. The van der Waals surface area contributed by atoms with Gasteiger partial charge in [-0.25, -0.2) is 0 Å². The van der Waals surface area contributed by atoms with Crippen molar-refractivity contribution in [2.45, 2.75) is 38.0 Å². The van der Waals surface area contributed by atoms with Crippen molar-refractivity contribution in [2.24, 2.45) is 17.8 Å². The molecular formula is C16H21ClOS. The van der Waals surface area contributed by atoms with Gasteiger partial charge in [-0.15, -0.1) is 11.8 Å². The van der Waals surface area contributed by atoms with E-state index in [1.807, 2.05) is 24.3 Å². The van der Waals surface area contributed by atoms with Gasteiger partial charge in [0.15, 0.2) is 0 Å². The standard InChI is InChI=1S/C16H21ClOS/c1-11-7-8-13(9-12(11)2)15(18)10-19-16-6-4-3-5-14(16)17/h3-6,11-13H,7-10H2,1-2H3. The summed E-state index contributed by atoms with van der Waals surface area (Å²) >= 11 is 7.67. The van der Waals surface area contributed by atoms with Crippen molar-refractivity contribution >= 4 is 29.1 Å². The molecule has 0 saturated heterocycles. The van der Waals surface area contributed by atoms with Crippen LogP contribution in [0.25, 0.3) is 0 Å². The lowest BCUT2D eigenvalue weighted by atomic mass is 9.74. The van der Waals surface area contributed by atoms with E-state index in [1.54, 1.807) is 11.8 Å². The largest absolute Gasteiger partial charge is 0.298 e. The van der Waals surface area contributed by atoms with Crippen LogP contribution in [0.1, 0.15) is 33.1 Å². The number of carbonyl (C=O) groups excluding carboxylic acids is 1. The van der Waals surface area contributed by atoms with Gasteiger partial charge in [-0.05, 0) is 43.2 Å². The Hall–Kier alpha value is -0.470. The molecule has 0 amide bonds. The molecule has 1 aromatic rings. The maximum Gasteiger partial charge on any atom is 0.146 e. The first-order valence-corrected chi connectivity index (χ1v) is 8.34. The van der Waals surface area contributed by atoms with Crippen molar-refractivity contribution in [3.8, 4) is 0 Å². The molecule has 1 aliphatic carbocycles. The van der Waals surface area contributed by atoms with E-state index in [1.165, 1.54) is 6.42 Å². The number of ketones is 1. The number of Topliss-reactive ketones (excluding diaryl/α,β-unsaturated/α-hetero) is 1. The van der Waals surface area contributed by atoms with E-state index in [-0.39, 0.29) is 5.92 Å². The second-order valence-corrected chi connectivity index (χ2v) is 7.07. The molecule has 19 heavy (non-hydrogen) atoms. The molecule has 1 saturated carbocycles. The van der Waals surface area contributed by atoms with Crippen LogP contribution in [0, 0.1) is 17.8 Å². The Bertz CT molecular complexity index is 446. The van der Waals surface area contributed by atoms with Gasteiger partial charge in [0.1, 0.15) is 5.78 Å². The lowest BCUT2D eigenvalue weighted by molar-refractivity contribution is -0.122. The Labute approximate surface area is 125 Å². The van der Waals surface area contributed by atoms with Crippen molar-refractivity contribution in [2.75, 3.05) is 5.75 Å². The number of hydrogen-bond acceptors (Lipinski definition) is 2. The van der Waals surface area contributed by atoms with Gasteiger partial charge in [0.05, 0.1) is 10.8 Å². The minimum atomic E-state index is 0.265. The van der Waals surface area contributed by atoms with Gasteiger partial charge in [0.25, 0.3) is 0 Å². The lowest BCUT2D eigenvalue weighted by Gasteiger charge is -2.31. The summed E-state index contributed by atoms with van der Waals surface area (Å²) < 4.78 is 0. The van der Waals surface area contributed by atoms with E-state index in [9.17, 15) is 4.79 Å². The van der Waals surface area contributed by atoms with Crippen LogP contribution < -0.4 is 0 Å². The van der Waals surface area contributed by atoms with Gasteiger partial charge in [-0.2, -0.15) is 0 Å². The van der Waals surface area contributed by atoms with E-state index < -0.39 is 0 Å². The summed E-state index contributed by atoms with van der Waals surface area (Å²) in [5, 5.41) is 0.742. The monoisotopic (exact) mass is 296 g/mol. The fourth-order valence-electron chi connectivity index (χ4n) is 2.67. The van der Waals surface area contributed by atoms with E-state index >= 15 is 0 Å². The van der Waals surface area contributed by atoms with Crippen molar-refractivity contribution < 1.29 is 4.79 Å². The summed E-state index contributed by atoms with van der Waals surface area (Å²) in [6.45, 7) is 4.56. The molecule has 1 aromatic carbocycles. The maximum absolute atomic E-state index is 12.3. The first-order chi connectivity index (χ1) is 9.08. The smallest absolute Gasteiger partial charge is 0.146 e. The van der Waals surface area contributed by atoms with Gasteiger partial charge < -0.3 is 0 Å². The van der Waals surface area contributed by atoms with Crippen LogP contribution in [0.4, 0.5) is 0 Å². The van der Waals surface area contributed by atoms with Crippen LogP contribution in [0.5, 0.6) is 0 Å². The number of carbonyl (C=O) groups is 1. The summed E-state index contributed by atoms with van der Waals surface area (Å²) in [5.41, 5.74) is 0.